The van der Waals surface area contributed by atoms with Crippen molar-refractivity contribution in [2.75, 3.05) is 13.2 Å². The summed E-state index contributed by atoms with van der Waals surface area (Å²) in [5.41, 5.74) is 8.29. The fraction of sp³-hybridized carbons (Fsp3) is 0.739. The lowest BCUT2D eigenvalue weighted by Crippen LogP contribution is -2.39. The highest BCUT2D eigenvalue weighted by Gasteiger charge is 2.28. The minimum Gasteiger partial charge on any atom is -0.396 e. The Morgan fingerprint density at radius 1 is 0.778 bits per heavy atom. The van der Waals surface area contributed by atoms with Crippen LogP contribution in [0.15, 0.2) is 24.3 Å². The van der Waals surface area contributed by atoms with Crippen LogP contribution in [-0.4, -0.2) is 23.4 Å². The smallest absolute Gasteiger partial charge is 0.0456 e. The maximum Gasteiger partial charge on any atom is 0.0456 e. The van der Waals surface area contributed by atoms with Gasteiger partial charge in [-0.3, -0.25) is 0 Å². The lowest BCUT2D eigenvalue weighted by Gasteiger charge is -2.31. The Hall–Kier alpha value is -0.610. The van der Waals surface area contributed by atoms with E-state index in [9.17, 15) is 10.2 Å². The third-order valence-corrected chi connectivity index (χ3v) is 5.47. The van der Waals surface area contributed by atoms with E-state index in [1.165, 1.54) is 69.8 Å². The summed E-state index contributed by atoms with van der Waals surface area (Å²) in [6.07, 6.45) is 15.4. The molecule has 0 bridgehead atoms. The highest BCUT2D eigenvalue weighted by Crippen LogP contribution is 2.29. The molecule has 3 nitrogen and oxygen atoms in total. The second-order valence-electron chi connectivity index (χ2n) is 7.69. The van der Waals surface area contributed by atoms with Crippen LogP contribution in [0.1, 0.15) is 95.1 Å². The summed E-state index contributed by atoms with van der Waals surface area (Å²) in [7, 11) is 0. The highest BCUT2D eigenvalue weighted by molar-refractivity contribution is 5.85. The van der Waals surface area contributed by atoms with Crippen molar-refractivity contribution in [1.82, 2.24) is 0 Å². The Balaban J connectivity index is 0.00000676. The third kappa shape index (κ3) is 10.5. The average molecular weight is 400 g/mol. The lowest BCUT2D eigenvalue weighted by atomic mass is 9.81. The van der Waals surface area contributed by atoms with Gasteiger partial charge in [0.1, 0.15) is 0 Å². The van der Waals surface area contributed by atoms with Crippen LogP contribution in [0.5, 0.6) is 0 Å². The van der Waals surface area contributed by atoms with Crippen molar-refractivity contribution in [1.29, 1.82) is 0 Å². The summed E-state index contributed by atoms with van der Waals surface area (Å²) in [4.78, 5) is 0. The summed E-state index contributed by atoms with van der Waals surface area (Å²) < 4.78 is 0. The first-order valence-electron chi connectivity index (χ1n) is 10.8. The van der Waals surface area contributed by atoms with Crippen LogP contribution in [0.3, 0.4) is 0 Å². The molecule has 0 radical (unpaired) electrons. The Bertz CT molecular complexity index is 461. The fourth-order valence-electron chi connectivity index (χ4n) is 3.82. The number of hydrogen-bond donors (Lipinski definition) is 3. The molecule has 0 aliphatic rings. The summed E-state index contributed by atoms with van der Waals surface area (Å²) in [6, 6.07) is 8.29. The number of benzene rings is 1. The quantitative estimate of drug-likeness (QED) is 0.322. The van der Waals surface area contributed by atoms with Gasteiger partial charge in [-0.25, -0.2) is 0 Å². The predicted molar refractivity (Wildman–Crippen MR) is 119 cm³/mol. The van der Waals surface area contributed by atoms with Gasteiger partial charge >= 0.3 is 0 Å². The van der Waals surface area contributed by atoms with Crippen LogP contribution in [0.25, 0.3) is 0 Å². The topological polar surface area (TPSA) is 66.5 Å². The number of halogens is 1. The molecule has 0 aliphatic heterocycles. The summed E-state index contributed by atoms with van der Waals surface area (Å²) in [5, 5.41) is 18.8. The molecule has 0 atom stereocenters. The molecule has 0 aliphatic carbocycles. The number of unbranched alkanes of at least 4 members (excludes halogenated alkanes) is 9. The van der Waals surface area contributed by atoms with E-state index < -0.39 is 5.54 Å². The molecule has 4 N–H and O–H groups in total. The Morgan fingerprint density at radius 2 is 1.26 bits per heavy atom. The molecule has 0 saturated carbocycles. The van der Waals surface area contributed by atoms with Crippen molar-refractivity contribution in [2.45, 2.75) is 95.9 Å². The number of hydrogen-bond acceptors (Lipinski definition) is 3. The molecule has 0 spiro atoms. The van der Waals surface area contributed by atoms with E-state index in [2.05, 4.69) is 25.1 Å². The maximum atomic E-state index is 9.38. The molecular formula is C23H42ClNO2. The predicted octanol–water partition coefficient (Wildman–Crippen LogP) is 5.49. The van der Waals surface area contributed by atoms with Crippen molar-refractivity contribution >= 4 is 12.4 Å². The van der Waals surface area contributed by atoms with Crippen LogP contribution in [-0.2, 0) is 12.0 Å². The number of aryl methyl sites for hydroxylation is 1. The van der Waals surface area contributed by atoms with Gasteiger partial charge in [0.25, 0.3) is 0 Å². The number of aliphatic hydroxyl groups is 2. The van der Waals surface area contributed by atoms with Crippen LogP contribution >= 0.6 is 12.4 Å². The molecule has 0 fully saturated rings. The zero-order valence-electron chi connectivity index (χ0n) is 17.3. The minimum atomic E-state index is -0.626. The van der Waals surface area contributed by atoms with Crippen molar-refractivity contribution in [3.63, 3.8) is 0 Å². The molecule has 27 heavy (non-hydrogen) atoms. The van der Waals surface area contributed by atoms with E-state index in [4.69, 9.17) is 5.73 Å². The summed E-state index contributed by atoms with van der Waals surface area (Å²) in [5.74, 6) is 0. The molecular weight excluding hydrogens is 358 g/mol. The van der Waals surface area contributed by atoms with Gasteiger partial charge in [-0.2, -0.15) is 0 Å². The summed E-state index contributed by atoms with van der Waals surface area (Å²) >= 11 is 0. The van der Waals surface area contributed by atoms with Gasteiger partial charge in [0.2, 0.25) is 0 Å². The minimum absolute atomic E-state index is 0. The maximum absolute atomic E-state index is 9.38. The van der Waals surface area contributed by atoms with Gasteiger partial charge in [-0.05, 0) is 36.8 Å². The SMILES string of the molecule is CCCCCCCCCCCCc1ccccc1C(N)(CCO)CCO.Cl. The van der Waals surface area contributed by atoms with Crippen LogP contribution in [0.4, 0.5) is 0 Å². The molecule has 0 unspecified atom stereocenters. The average Bonchev–Trinajstić information content (AvgIpc) is 2.64. The van der Waals surface area contributed by atoms with E-state index in [1.807, 2.05) is 6.07 Å². The largest absolute Gasteiger partial charge is 0.396 e. The molecule has 158 valence electrons. The molecule has 0 amide bonds. The van der Waals surface area contributed by atoms with Crippen molar-refractivity contribution in [3.05, 3.63) is 35.4 Å². The van der Waals surface area contributed by atoms with Crippen molar-refractivity contribution in [3.8, 4) is 0 Å². The van der Waals surface area contributed by atoms with E-state index in [0.717, 1.165) is 12.0 Å². The van der Waals surface area contributed by atoms with Gasteiger partial charge in [0.15, 0.2) is 0 Å². The third-order valence-electron chi connectivity index (χ3n) is 5.47. The van der Waals surface area contributed by atoms with Crippen LogP contribution < -0.4 is 5.73 Å². The van der Waals surface area contributed by atoms with Crippen LogP contribution in [0, 0.1) is 0 Å². The second kappa shape index (κ2) is 16.4. The molecule has 0 heterocycles. The standard InChI is InChI=1S/C23H41NO2.ClH/c1-2-3-4-5-6-7-8-9-10-11-14-21-15-12-13-16-22(21)23(24,17-19-25)18-20-26;/h12-13,15-16,25-26H,2-11,14,17-20,24H2,1H3;1H. The first-order valence-corrected chi connectivity index (χ1v) is 10.8. The molecule has 0 aromatic heterocycles. The van der Waals surface area contributed by atoms with E-state index in [0.29, 0.717) is 12.8 Å². The fourth-order valence-corrected chi connectivity index (χ4v) is 3.82. The molecule has 0 saturated heterocycles. The number of rotatable bonds is 16. The molecule has 1 rings (SSSR count). The molecule has 1 aromatic rings. The monoisotopic (exact) mass is 399 g/mol. The Kier molecular flexibility index (Phi) is 16.0. The van der Waals surface area contributed by atoms with Gasteiger partial charge < -0.3 is 15.9 Å². The van der Waals surface area contributed by atoms with Crippen LogP contribution in [0.2, 0.25) is 0 Å². The normalized spacial score (nSPS) is 11.4. The summed E-state index contributed by atoms with van der Waals surface area (Å²) in [6.45, 7) is 2.35. The number of aliphatic hydroxyl groups excluding tert-OH is 2. The first kappa shape index (κ1) is 26.4. The van der Waals surface area contributed by atoms with Crippen molar-refractivity contribution in [2.24, 2.45) is 5.73 Å². The lowest BCUT2D eigenvalue weighted by molar-refractivity contribution is 0.193. The van der Waals surface area contributed by atoms with Gasteiger partial charge in [0.05, 0.1) is 0 Å². The van der Waals surface area contributed by atoms with Gasteiger partial charge in [-0.1, -0.05) is 89.0 Å². The van der Waals surface area contributed by atoms with Crippen molar-refractivity contribution < 1.29 is 10.2 Å². The molecule has 1 aromatic carbocycles. The second-order valence-corrected chi connectivity index (χ2v) is 7.69. The van der Waals surface area contributed by atoms with E-state index in [-0.39, 0.29) is 25.6 Å². The van der Waals surface area contributed by atoms with E-state index in [1.54, 1.807) is 0 Å². The number of nitrogens with two attached hydrogens (primary N) is 1. The first-order chi connectivity index (χ1) is 12.7. The zero-order chi connectivity index (χ0) is 19.1. The Morgan fingerprint density at radius 3 is 1.78 bits per heavy atom. The molecule has 4 heteroatoms. The van der Waals surface area contributed by atoms with Gasteiger partial charge in [0, 0.05) is 18.8 Å². The van der Waals surface area contributed by atoms with E-state index >= 15 is 0 Å². The Labute approximate surface area is 173 Å². The van der Waals surface area contributed by atoms with Gasteiger partial charge in [-0.15, -0.1) is 12.4 Å². The highest BCUT2D eigenvalue weighted by atomic mass is 35.5. The zero-order valence-corrected chi connectivity index (χ0v) is 18.1.